The first-order valence-corrected chi connectivity index (χ1v) is 22.5. The van der Waals surface area contributed by atoms with Crippen molar-refractivity contribution >= 4 is 12.4 Å². The van der Waals surface area contributed by atoms with Crippen LogP contribution in [0.5, 0.6) is 0 Å². The molecule has 0 radical (unpaired) electrons. The predicted octanol–water partition coefficient (Wildman–Crippen LogP) is 14.4. The Bertz CT molecular complexity index is 2100. The third-order valence-electron chi connectivity index (χ3n) is 14.9. The van der Waals surface area contributed by atoms with Crippen LogP contribution in [0.2, 0.25) is 0 Å². The van der Waals surface area contributed by atoms with Gasteiger partial charge in [0, 0.05) is 47.8 Å². The highest BCUT2D eigenvalue weighted by Crippen LogP contribution is 2.53. The third kappa shape index (κ3) is 8.86. The van der Waals surface area contributed by atoms with Gasteiger partial charge >= 0.3 is 0 Å². The fraction of sp³-hybridized carbons (Fsp3) is 0.439. The van der Waals surface area contributed by atoms with E-state index in [2.05, 4.69) is 216 Å². The van der Waals surface area contributed by atoms with E-state index < -0.39 is 0 Å². The standard InChI is InChI=1S/C57H72N2.ClH/c1-36-23-37(2)28-48(27-36)44(9)52-17-15-19-56(13,46(11)50-31-40(5)25-41(6)32-50)54(52)58-21-22-59(35-58)55-53(45(10)49-29-38(3)24-39(4)30-49)18-16-20-57(55,14)47(12)51-33-42(7)26-43(8)34-51;/h15-20,23-34,44-47,54-55H,21-22,35H2,1-14H3;1H/t44-,45-,46-,47-,54?,55?,56?,57?;/m1./s1. The molecule has 7 rings (SSSR count). The summed E-state index contributed by atoms with van der Waals surface area (Å²) in [6.07, 6.45) is 14.9. The van der Waals surface area contributed by atoms with Gasteiger partial charge in [0.1, 0.15) is 0 Å². The molecule has 0 aromatic heterocycles. The van der Waals surface area contributed by atoms with Crippen LogP contribution >= 0.6 is 12.4 Å². The zero-order chi connectivity index (χ0) is 42.6. The van der Waals surface area contributed by atoms with Gasteiger partial charge in [0.25, 0.3) is 0 Å². The Hall–Kier alpha value is -3.95. The Balaban J connectivity index is 0.00000604. The molecular weight excluding hydrogens is 748 g/mol. The van der Waals surface area contributed by atoms with E-state index in [1.54, 1.807) is 0 Å². The number of allylic oxidation sites excluding steroid dienone is 4. The maximum absolute atomic E-state index is 2.88. The molecule has 2 aliphatic carbocycles. The first kappa shape index (κ1) is 45.6. The minimum Gasteiger partial charge on any atom is -0.282 e. The van der Waals surface area contributed by atoms with Crippen molar-refractivity contribution < 1.29 is 0 Å². The highest BCUT2D eigenvalue weighted by Gasteiger charge is 2.51. The summed E-state index contributed by atoms with van der Waals surface area (Å²) in [5.41, 5.74) is 19.3. The predicted molar refractivity (Wildman–Crippen MR) is 261 cm³/mol. The molecule has 3 heteroatoms. The van der Waals surface area contributed by atoms with Crippen LogP contribution < -0.4 is 0 Å². The first-order chi connectivity index (χ1) is 27.9. The second-order valence-electron chi connectivity index (χ2n) is 19.9. The summed E-state index contributed by atoms with van der Waals surface area (Å²) in [6, 6.07) is 29.2. The lowest BCUT2D eigenvalue weighted by atomic mass is 9.62. The van der Waals surface area contributed by atoms with E-state index >= 15 is 0 Å². The van der Waals surface area contributed by atoms with Crippen molar-refractivity contribution in [3.63, 3.8) is 0 Å². The summed E-state index contributed by atoms with van der Waals surface area (Å²) in [7, 11) is 0. The quantitative estimate of drug-likeness (QED) is 0.157. The molecule has 60 heavy (non-hydrogen) atoms. The summed E-state index contributed by atoms with van der Waals surface area (Å²) in [5, 5.41) is 0. The van der Waals surface area contributed by atoms with Gasteiger partial charge in [-0.25, -0.2) is 0 Å². The van der Waals surface area contributed by atoms with Crippen molar-refractivity contribution in [3.05, 3.63) is 187 Å². The van der Waals surface area contributed by atoms with Gasteiger partial charge in [0.05, 0.1) is 6.67 Å². The number of rotatable bonds is 10. The van der Waals surface area contributed by atoms with Crippen LogP contribution in [0.1, 0.15) is 132 Å². The van der Waals surface area contributed by atoms with Crippen molar-refractivity contribution in [2.75, 3.05) is 19.8 Å². The Morgan fingerprint density at radius 3 is 0.983 bits per heavy atom. The monoisotopic (exact) mass is 821 g/mol. The van der Waals surface area contributed by atoms with Gasteiger partial charge in [-0.05, 0) is 101 Å². The van der Waals surface area contributed by atoms with Gasteiger partial charge in [-0.1, -0.05) is 195 Å². The number of hydrogen-bond acceptors (Lipinski definition) is 2. The van der Waals surface area contributed by atoms with E-state index in [0.717, 1.165) is 19.8 Å². The lowest BCUT2D eigenvalue weighted by Crippen LogP contribution is -2.53. The number of aryl methyl sites for hydroxylation is 8. The number of hydrogen-bond donors (Lipinski definition) is 0. The van der Waals surface area contributed by atoms with Crippen LogP contribution in [0.25, 0.3) is 0 Å². The number of nitrogens with zero attached hydrogens (tertiary/aromatic N) is 2. The molecule has 0 N–H and O–H groups in total. The number of halogens is 1. The molecule has 1 fully saturated rings. The smallest absolute Gasteiger partial charge is 0.0519 e. The Morgan fingerprint density at radius 1 is 0.433 bits per heavy atom. The minimum atomic E-state index is -0.124. The molecule has 0 bridgehead atoms. The highest BCUT2D eigenvalue weighted by molar-refractivity contribution is 5.85. The van der Waals surface area contributed by atoms with Gasteiger partial charge in [-0.15, -0.1) is 12.4 Å². The van der Waals surface area contributed by atoms with Crippen molar-refractivity contribution in [2.24, 2.45) is 10.8 Å². The Kier molecular flexibility index (Phi) is 13.5. The highest BCUT2D eigenvalue weighted by atomic mass is 35.5. The normalized spacial score (nSPS) is 25.3. The minimum absolute atomic E-state index is 0. The largest absolute Gasteiger partial charge is 0.282 e. The SMILES string of the molecule is Cc1cc(C)cc([C@@H](C)C2(C)C=CC=C([C@H](C)c3cc(C)cc(C)c3)C2N2CCN(C3C([C@H](C)c4cc(C)cc(C)c4)=CC=CC3(C)[C@H](C)c3cc(C)cc(C)c3)C2)c1.Cl. The maximum atomic E-state index is 2.88. The second kappa shape index (κ2) is 17.8. The summed E-state index contributed by atoms with van der Waals surface area (Å²) in [5.74, 6) is 1.21. The average Bonchev–Trinajstić information content (AvgIpc) is 3.63. The van der Waals surface area contributed by atoms with Gasteiger partial charge < -0.3 is 0 Å². The van der Waals surface area contributed by atoms with Crippen LogP contribution in [-0.4, -0.2) is 41.6 Å². The molecule has 1 saturated heterocycles. The van der Waals surface area contributed by atoms with E-state index in [1.807, 2.05) is 0 Å². The van der Waals surface area contributed by atoms with Gasteiger partial charge in [-0.3, -0.25) is 9.80 Å². The topological polar surface area (TPSA) is 6.48 Å². The second-order valence-corrected chi connectivity index (χ2v) is 19.9. The van der Waals surface area contributed by atoms with Crippen molar-refractivity contribution in [2.45, 2.75) is 133 Å². The average molecular weight is 822 g/mol. The van der Waals surface area contributed by atoms with E-state index in [1.165, 1.54) is 77.9 Å². The summed E-state index contributed by atoms with van der Waals surface area (Å²) in [6.45, 7) is 36.0. The Morgan fingerprint density at radius 2 is 0.700 bits per heavy atom. The zero-order valence-electron chi connectivity index (χ0n) is 39.3. The number of benzene rings is 4. The first-order valence-electron chi connectivity index (χ1n) is 22.5. The summed E-state index contributed by atoms with van der Waals surface area (Å²) in [4.78, 5) is 5.76. The molecule has 0 amide bonds. The van der Waals surface area contributed by atoms with Crippen molar-refractivity contribution in [3.8, 4) is 0 Å². The van der Waals surface area contributed by atoms with Crippen LogP contribution in [0.3, 0.4) is 0 Å². The lowest BCUT2D eigenvalue weighted by Gasteiger charge is -2.51. The van der Waals surface area contributed by atoms with Crippen molar-refractivity contribution in [1.82, 2.24) is 9.80 Å². The fourth-order valence-electron chi connectivity index (χ4n) is 11.7. The molecule has 4 aromatic carbocycles. The third-order valence-corrected chi connectivity index (χ3v) is 14.9. The van der Waals surface area contributed by atoms with Gasteiger partial charge in [-0.2, -0.15) is 0 Å². The lowest BCUT2D eigenvalue weighted by molar-refractivity contribution is 0.0771. The summed E-state index contributed by atoms with van der Waals surface area (Å²) < 4.78 is 0. The van der Waals surface area contributed by atoms with Crippen LogP contribution in [0, 0.1) is 66.2 Å². The molecule has 0 saturated carbocycles. The van der Waals surface area contributed by atoms with Crippen LogP contribution in [0.4, 0.5) is 0 Å². The molecule has 4 unspecified atom stereocenters. The zero-order valence-corrected chi connectivity index (χ0v) is 40.1. The molecule has 318 valence electrons. The molecule has 0 spiro atoms. The Labute approximate surface area is 371 Å². The van der Waals surface area contributed by atoms with Crippen LogP contribution in [0.15, 0.2) is 120 Å². The molecular formula is C57H73ClN2. The maximum Gasteiger partial charge on any atom is 0.0519 e. The van der Waals surface area contributed by atoms with E-state index in [-0.39, 0.29) is 47.2 Å². The van der Waals surface area contributed by atoms with Crippen LogP contribution in [-0.2, 0) is 0 Å². The molecule has 1 aliphatic heterocycles. The van der Waals surface area contributed by atoms with E-state index in [9.17, 15) is 0 Å². The fourth-order valence-corrected chi connectivity index (χ4v) is 11.7. The molecule has 8 atom stereocenters. The molecule has 2 nitrogen and oxygen atoms in total. The molecule has 3 aliphatic rings. The van der Waals surface area contributed by atoms with E-state index in [4.69, 9.17) is 0 Å². The molecule has 4 aromatic rings. The molecule has 1 heterocycles. The van der Waals surface area contributed by atoms with Crippen molar-refractivity contribution in [1.29, 1.82) is 0 Å². The van der Waals surface area contributed by atoms with Gasteiger partial charge in [0.2, 0.25) is 0 Å². The van der Waals surface area contributed by atoms with E-state index in [0.29, 0.717) is 11.8 Å². The van der Waals surface area contributed by atoms with Gasteiger partial charge in [0.15, 0.2) is 0 Å². The summed E-state index contributed by atoms with van der Waals surface area (Å²) >= 11 is 0.